The van der Waals surface area contributed by atoms with Gasteiger partial charge in [-0.1, -0.05) is 15.9 Å². The third-order valence-electron chi connectivity index (χ3n) is 4.29. The van der Waals surface area contributed by atoms with Gasteiger partial charge in [-0.3, -0.25) is 4.79 Å². The monoisotopic (exact) mass is 496 g/mol. The van der Waals surface area contributed by atoms with Gasteiger partial charge >= 0.3 is 0 Å². The number of carbonyl (C=O) groups is 1. The van der Waals surface area contributed by atoms with Crippen LogP contribution < -0.4 is 15.0 Å². The van der Waals surface area contributed by atoms with Crippen LogP contribution in [0.2, 0.25) is 0 Å². The lowest BCUT2D eigenvalue weighted by molar-refractivity contribution is -0.128. The van der Waals surface area contributed by atoms with Gasteiger partial charge in [0.05, 0.1) is 18.9 Å². The fraction of sp³-hybridized carbons (Fsp3) is 0.350. The predicted molar refractivity (Wildman–Crippen MR) is 115 cm³/mol. The van der Waals surface area contributed by atoms with E-state index in [1.54, 1.807) is 13.8 Å². The third kappa shape index (κ3) is 5.24. The summed E-state index contributed by atoms with van der Waals surface area (Å²) >= 11 is 7.00. The van der Waals surface area contributed by atoms with Crippen molar-refractivity contribution in [3.8, 4) is 5.75 Å². The Balaban J connectivity index is 1.67. The van der Waals surface area contributed by atoms with E-state index in [0.29, 0.717) is 5.75 Å². The first kappa shape index (κ1) is 20.2. The Bertz CT molecular complexity index is 803. The quantitative estimate of drug-likeness (QED) is 0.641. The fourth-order valence-electron chi connectivity index (χ4n) is 2.77. The molecular weight excluding hydrogens is 476 g/mol. The van der Waals surface area contributed by atoms with E-state index < -0.39 is 5.60 Å². The van der Waals surface area contributed by atoms with Crippen LogP contribution in [0.3, 0.4) is 0 Å². The van der Waals surface area contributed by atoms with Crippen LogP contribution in [-0.4, -0.2) is 37.8 Å². The molecule has 1 saturated heterocycles. The molecule has 1 N–H and O–H groups in total. The topological polar surface area (TPSA) is 50.8 Å². The molecule has 1 aliphatic heterocycles. The minimum absolute atomic E-state index is 0.212. The van der Waals surface area contributed by atoms with Crippen LogP contribution in [-0.2, 0) is 9.53 Å². The summed E-state index contributed by atoms with van der Waals surface area (Å²) in [6.45, 7) is 6.68. The average molecular weight is 498 g/mol. The molecule has 144 valence electrons. The molecule has 2 aromatic carbocycles. The molecule has 0 spiro atoms. The molecule has 1 fully saturated rings. The molecule has 0 saturated carbocycles. The van der Waals surface area contributed by atoms with E-state index in [1.165, 1.54) is 0 Å². The third-order valence-corrected chi connectivity index (χ3v) is 5.45. The molecule has 0 radical (unpaired) electrons. The smallest absolute Gasteiger partial charge is 0.267 e. The number of halogens is 2. The van der Waals surface area contributed by atoms with Gasteiger partial charge in [-0.15, -0.1) is 0 Å². The molecule has 27 heavy (non-hydrogen) atoms. The van der Waals surface area contributed by atoms with Crippen molar-refractivity contribution in [1.82, 2.24) is 0 Å². The van der Waals surface area contributed by atoms with Crippen LogP contribution in [0, 0.1) is 0 Å². The number of amides is 1. The number of hydrogen-bond acceptors (Lipinski definition) is 4. The number of hydrogen-bond donors (Lipinski definition) is 1. The summed E-state index contributed by atoms with van der Waals surface area (Å²) in [5.41, 5.74) is 0.807. The molecule has 1 amide bonds. The van der Waals surface area contributed by atoms with Gasteiger partial charge in [0.1, 0.15) is 5.75 Å². The van der Waals surface area contributed by atoms with Crippen LogP contribution in [0.1, 0.15) is 13.8 Å². The molecule has 2 aromatic rings. The summed E-state index contributed by atoms with van der Waals surface area (Å²) in [6, 6.07) is 13.2. The summed E-state index contributed by atoms with van der Waals surface area (Å²) in [7, 11) is 0. The fourth-order valence-corrected chi connectivity index (χ4v) is 3.66. The van der Waals surface area contributed by atoms with Gasteiger partial charge < -0.3 is 19.7 Å². The zero-order chi connectivity index (χ0) is 19.4. The zero-order valence-electron chi connectivity index (χ0n) is 15.3. The van der Waals surface area contributed by atoms with Crippen molar-refractivity contribution in [3.05, 3.63) is 51.4 Å². The van der Waals surface area contributed by atoms with Gasteiger partial charge in [0.25, 0.3) is 5.91 Å². The molecule has 1 heterocycles. The summed E-state index contributed by atoms with van der Waals surface area (Å²) < 4.78 is 13.2. The number of morpholine rings is 1. The highest BCUT2D eigenvalue weighted by Gasteiger charge is 2.30. The van der Waals surface area contributed by atoms with Crippen LogP contribution in [0.4, 0.5) is 11.4 Å². The van der Waals surface area contributed by atoms with Crippen LogP contribution >= 0.6 is 31.9 Å². The van der Waals surface area contributed by atoms with Crippen molar-refractivity contribution in [2.24, 2.45) is 0 Å². The second kappa shape index (κ2) is 8.63. The van der Waals surface area contributed by atoms with Gasteiger partial charge in [-0.05, 0) is 72.2 Å². The normalized spacial score (nSPS) is 14.7. The molecule has 0 aromatic heterocycles. The number of carbonyl (C=O) groups excluding carboxylic acids is 1. The molecule has 3 rings (SSSR count). The zero-order valence-corrected chi connectivity index (χ0v) is 18.5. The average Bonchev–Trinajstić information content (AvgIpc) is 2.64. The number of ether oxygens (including phenoxy) is 2. The minimum Gasteiger partial charge on any atom is -0.478 e. The first-order valence-corrected chi connectivity index (χ1v) is 10.3. The van der Waals surface area contributed by atoms with Crippen molar-refractivity contribution >= 4 is 49.1 Å². The van der Waals surface area contributed by atoms with Crippen molar-refractivity contribution in [2.45, 2.75) is 19.4 Å². The summed E-state index contributed by atoms with van der Waals surface area (Å²) in [6.07, 6.45) is 0. The van der Waals surface area contributed by atoms with Crippen molar-refractivity contribution in [3.63, 3.8) is 0 Å². The van der Waals surface area contributed by atoms with Gasteiger partial charge in [-0.2, -0.15) is 0 Å². The van der Waals surface area contributed by atoms with Crippen LogP contribution in [0.25, 0.3) is 0 Å². The van der Waals surface area contributed by atoms with Gasteiger partial charge in [0, 0.05) is 27.7 Å². The predicted octanol–water partition coefficient (Wildman–Crippen LogP) is 4.84. The van der Waals surface area contributed by atoms with Crippen LogP contribution in [0.15, 0.2) is 51.4 Å². The lowest BCUT2D eigenvalue weighted by Crippen LogP contribution is -2.42. The molecule has 1 aliphatic rings. The van der Waals surface area contributed by atoms with E-state index in [2.05, 4.69) is 42.1 Å². The van der Waals surface area contributed by atoms with Gasteiger partial charge in [-0.25, -0.2) is 0 Å². The lowest BCUT2D eigenvalue weighted by atomic mass is 10.1. The van der Waals surface area contributed by atoms with Crippen molar-refractivity contribution in [2.75, 3.05) is 36.5 Å². The van der Waals surface area contributed by atoms with Gasteiger partial charge in [0.2, 0.25) is 0 Å². The Kier molecular flexibility index (Phi) is 6.44. The maximum Gasteiger partial charge on any atom is 0.267 e. The van der Waals surface area contributed by atoms with Gasteiger partial charge in [0.15, 0.2) is 5.60 Å². The maximum absolute atomic E-state index is 12.7. The molecule has 5 nitrogen and oxygen atoms in total. The molecule has 0 bridgehead atoms. The highest BCUT2D eigenvalue weighted by Crippen LogP contribution is 2.30. The summed E-state index contributed by atoms with van der Waals surface area (Å²) in [4.78, 5) is 15.0. The van der Waals surface area contributed by atoms with E-state index in [0.717, 1.165) is 46.6 Å². The van der Waals surface area contributed by atoms with E-state index in [4.69, 9.17) is 9.47 Å². The summed E-state index contributed by atoms with van der Waals surface area (Å²) in [5.74, 6) is 0.429. The van der Waals surface area contributed by atoms with E-state index >= 15 is 0 Å². The first-order valence-electron chi connectivity index (χ1n) is 8.73. The van der Waals surface area contributed by atoms with E-state index in [1.807, 2.05) is 42.5 Å². The Hall–Kier alpha value is -1.57. The number of nitrogens with one attached hydrogen (secondary N) is 1. The minimum atomic E-state index is -1.01. The Morgan fingerprint density at radius 2 is 1.78 bits per heavy atom. The molecule has 0 atom stereocenters. The van der Waals surface area contributed by atoms with Crippen LogP contribution in [0.5, 0.6) is 5.75 Å². The maximum atomic E-state index is 12.7. The number of benzene rings is 2. The number of rotatable bonds is 5. The Labute approximate surface area is 176 Å². The highest BCUT2D eigenvalue weighted by atomic mass is 79.9. The SMILES string of the molecule is CC(C)(Oc1ccc(Br)cc1)C(=O)Nc1ccc(N2CCOCC2)c(Br)c1. The van der Waals surface area contributed by atoms with Crippen molar-refractivity contribution in [1.29, 1.82) is 0 Å². The Morgan fingerprint density at radius 3 is 2.41 bits per heavy atom. The first-order chi connectivity index (χ1) is 12.8. The second-order valence-electron chi connectivity index (χ2n) is 6.79. The molecule has 0 unspecified atom stereocenters. The molecule has 0 aliphatic carbocycles. The molecular formula is C20H22Br2N2O3. The van der Waals surface area contributed by atoms with Crippen molar-refractivity contribution < 1.29 is 14.3 Å². The number of anilines is 2. The standard InChI is InChI=1S/C20H22Br2N2O3/c1-20(2,27-16-6-3-14(21)4-7-16)19(25)23-15-5-8-18(17(22)13-15)24-9-11-26-12-10-24/h3-8,13H,9-12H2,1-2H3,(H,23,25). The molecule has 7 heteroatoms. The lowest BCUT2D eigenvalue weighted by Gasteiger charge is -2.30. The van der Waals surface area contributed by atoms with E-state index in [9.17, 15) is 4.79 Å². The number of nitrogens with zero attached hydrogens (tertiary/aromatic N) is 1. The Morgan fingerprint density at radius 1 is 1.11 bits per heavy atom. The highest BCUT2D eigenvalue weighted by molar-refractivity contribution is 9.10. The summed E-state index contributed by atoms with van der Waals surface area (Å²) in [5, 5.41) is 2.94. The second-order valence-corrected chi connectivity index (χ2v) is 8.56. The largest absolute Gasteiger partial charge is 0.478 e. The van der Waals surface area contributed by atoms with E-state index in [-0.39, 0.29) is 5.91 Å².